The van der Waals surface area contributed by atoms with Crippen LogP contribution in [0.3, 0.4) is 0 Å². The third-order valence-electron chi connectivity index (χ3n) is 4.56. The number of anilines is 1. The quantitative estimate of drug-likeness (QED) is 0.457. The van der Waals surface area contributed by atoms with Crippen LogP contribution >= 0.6 is 0 Å². The van der Waals surface area contributed by atoms with Gasteiger partial charge < -0.3 is 40.0 Å². The molecule has 2 aromatic rings. The average Bonchev–Trinajstić information content (AvgIpc) is 2.74. The summed E-state index contributed by atoms with van der Waals surface area (Å²) in [7, 11) is 1.38. The molecule has 0 saturated carbocycles. The fourth-order valence-corrected chi connectivity index (χ4v) is 2.98. The number of carbonyl (C=O) groups excluding carboxylic acids is 1. The van der Waals surface area contributed by atoms with Crippen molar-refractivity contribution in [2.45, 2.75) is 30.7 Å². The Labute approximate surface area is 167 Å². The Morgan fingerprint density at radius 1 is 1.03 bits per heavy atom. The molecule has 1 amide bonds. The highest BCUT2D eigenvalue weighted by Crippen LogP contribution is 2.34. The summed E-state index contributed by atoms with van der Waals surface area (Å²) >= 11 is 0. The molecule has 1 fully saturated rings. The van der Waals surface area contributed by atoms with Crippen molar-refractivity contribution in [1.29, 1.82) is 0 Å². The van der Waals surface area contributed by atoms with E-state index in [0.717, 1.165) is 0 Å². The number of carbonyl (C=O) groups is 1. The van der Waals surface area contributed by atoms with Gasteiger partial charge in [-0.15, -0.1) is 0 Å². The number of hydrogen-bond donors (Lipinski definition) is 5. The second-order valence-electron chi connectivity index (χ2n) is 6.47. The van der Waals surface area contributed by atoms with E-state index in [1.807, 2.05) is 6.07 Å². The predicted octanol–water partition coefficient (Wildman–Crippen LogP) is 0.126. The number of amides is 1. The molecule has 0 unspecified atom stereocenters. The van der Waals surface area contributed by atoms with Crippen LogP contribution in [-0.2, 0) is 4.74 Å². The molecule has 156 valence electrons. The van der Waals surface area contributed by atoms with Crippen LogP contribution in [0.5, 0.6) is 11.5 Å². The molecule has 1 aliphatic rings. The maximum Gasteiger partial charge on any atom is 0.259 e. The monoisotopic (exact) mass is 405 g/mol. The van der Waals surface area contributed by atoms with E-state index in [4.69, 9.17) is 14.2 Å². The van der Waals surface area contributed by atoms with Gasteiger partial charge in [0.1, 0.15) is 24.4 Å². The lowest BCUT2D eigenvalue weighted by Gasteiger charge is -2.39. The molecular formula is C20H23NO8. The predicted molar refractivity (Wildman–Crippen MR) is 102 cm³/mol. The van der Waals surface area contributed by atoms with Crippen molar-refractivity contribution in [3.8, 4) is 11.5 Å². The van der Waals surface area contributed by atoms with E-state index >= 15 is 0 Å². The first-order valence-electron chi connectivity index (χ1n) is 8.96. The molecular weight excluding hydrogens is 382 g/mol. The van der Waals surface area contributed by atoms with E-state index in [9.17, 15) is 25.2 Å². The highest BCUT2D eigenvalue weighted by Gasteiger charge is 2.45. The normalized spacial score (nSPS) is 26.6. The Balaban J connectivity index is 1.89. The highest BCUT2D eigenvalue weighted by molar-refractivity contribution is 6.06. The van der Waals surface area contributed by atoms with Crippen molar-refractivity contribution >= 4 is 11.6 Å². The van der Waals surface area contributed by atoms with E-state index in [2.05, 4.69) is 5.32 Å². The molecule has 0 aromatic heterocycles. The van der Waals surface area contributed by atoms with Crippen LogP contribution in [0.1, 0.15) is 10.4 Å². The topological polar surface area (TPSA) is 138 Å². The number of para-hydroxylation sites is 2. The highest BCUT2D eigenvalue weighted by atomic mass is 16.7. The number of aliphatic hydroxyl groups is 4. The van der Waals surface area contributed by atoms with Gasteiger partial charge in [0, 0.05) is 5.69 Å². The number of benzene rings is 2. The zero-order valence-electron chi connectivity index (χ0n) is 15.6. The first-order valence-corrected chi connectivity index (χ1v) is 8.96. The Kier molecular flexibility index (Phi) is 6.68. The van der Waals surface area contributed by atoms with E-state index in [0.29, 0.717) is 5.69 Å². The minimum Gasteiger partial charge on any atom is -0.493 e. The molecule has 0 radical (unpaired) electrons. The van der Waals surface area contributed by atoms with Gasteiger partial charge in [-0.3, -0.25) is 4.79 Å². The SMILES string of the molecule is COc1cccc(C(=O)Nc2ccccc2)c1O[C@@H]1O[C@H](CO)[C@@H](O)[C@H](O)[C@H]1O. The van der Waals surface area contributed by atoms with Crippen molar-refractivity contribution in [3.05, 3.63) is 54.1 Å². The molecule has 1 heterocycles. The number of aliphatic hydroxyl groups excluding tert-OH is 4. The van der Waals surface area contributed by atoms with E-state index in [1.165, 1.54) is 13.2 Å². The number of nitrogens with one attached hydrogen (secondary N) is 1. The summed E-state index contributed by atoms with van der Waals surface area (Å²) in [5, 5.41) is 42.2. The minimum absolute atomic E-state index is 0.0206. The third kappa shape index (κ3) is 4.50. The van der Waals surface area contributed by atoms with Gasteiger partial charge in [0.15, 0.2) is 11.5 Å². The van der Waals surface area contributed by atoms with Gasteiger partial charge in [-0.05, 0) is 24.3 Å². The molecule has 5 atom stereocenters. The summed E-state index contributed by atoms with van der Waals surface area (Å²) in [5.74, 6) is -0.315. The van der Waals surface area contributed by atoms with Gasteiger partial charge in [-0.25, -0.2) is 0 Å². The van der Waals surface area contributed by atoms with Crippen molar-refractivity contribution < 1.29 is 39.4 Å². The van der Waals surface area contributed by atoms with E-state index in [1.54, 1.807) is 36.4 Å². The summed E-state index contributed by atoms with van der Waals surface area (Å²) in [4.78, 5) is 12.8. The fraction of sp³-hybridized carbons (Fsp3) is 0.350. The first kappa shape index (κ1) is 21.0. The van der Waals surface area contributed by atoms with E-state index < -0.39 is 43.2 Å². The van der Waals surface area contributed by atoms with Crippen LogP contribution in [-0.4, -0.2) is 70.8 Å². The van der Waals surface area contributed by atoms with Crippen LogP contribution in [0.25, 0.3) is 0 Å². The lowest BCUT2D eigenvalue weighted by molar-refractivity contribution is -0.277. The van der Waals surface area contributed by atoms with Gasteiger partial charge in [0.2, 0.25) is 6.29 Å². The third-order valence-corrected chi connectivity index (χ3v) is 4.56. The number of methoxy groups -OCH3 is 1. The molecule has 0 bridgehead atoms. The number of ether oxygens (including phenoxy) is 3. The number of rotatable bonds is 6. The molecule has 1 aliphatic heterocycles. The largest absolute Gasteiger partial charge is 0.493 e. The first-order chi connectivity index (χ1) is 14.0. The molecule has 0 spiro atoms. The minimum atomic E-state index is -1.62. The Morgan fingerprint density at radius 2 is 1.76 bits per heavy atom. The van der Waals surface area contributed by atoms with Gasteiger partial charge in [-0.1, -0.05) is 24.3 Å². The van der Waals surface area contributed by atoms with Crippen LogP contribution < -0.4 is 14.8 Å². The van der Waals surface area contributed by atoms with E-state index in [-0.39, 0.29) is 17.1 Å². The summed E-state index contributed by atoms with van der Waals surface area (Å²) in [6.07, 6.45) is -7.35. The lowest BCUT2D eigenvalue weighted by Crippen LogP contribution is -2.60. The second-order valence-corrected chi connectivity index (χ2v) is 6.47. The van der Waals surface area contributed by atoms with Gasteiger partial charge in [0.05, 0.1) is 19.3 Å². The van der Waals surface area contributed by atoms with Crippen molar-refractivity contribution in [1.82, 2.24) is 0 Å². The summed E-state index contributed by atoms with van der Waals surface area (Å²) < 4.78 is 16.3. The Morgan fingerprint density at radius 3 is 2.41 bits per heavy atom. The van der Waals surface area contributed by atoms with Crippen molar-refractivity contribution in [3.63, 3.8) is 0 Å². The molecule has 9 nitrogen and oxygen atoms in total. The van der Waals surface area contributed by atoms with Crippen molar-refractivity contribution in [2.24, 2.45) is 0 Å². The molecule has 2 aromatic carbocycles. The maximum absolute atomic E-state index is 12.8. The second kappa shape index (κ2) is 9.21. The van der Waals surface area contributed by atoms with Crippen LogP contribution in [0, 0.1) is 0 Å². The summed E-state index contributed by atoms with van der Waals surface area (Å²) in [6, 6.07) is 13.4. The molecule has 29 heavy (non-hydrogen) atoms. The van der Waals surface area contributed by atoms with Crippen LogP contribution in [0.2, 0.25) is 0 Å². The van der Waals surface area contributed by atoms with Gasteiger partial charge in [0.25, 0.3) is 5.91 Å². The van der Waals surface area contributed by atoms with Crippen LogP contribution in [0.15, 0.2) is 48.5 Å². The van der Waals surface area contributed by atoms with Crippen LogP contribution in [0.4, 0.5) is 5.69 Å². The lowest BCUT2D eigenvalue weighted by atomic mass is 9.99. The zero-order chi connectivity index (χ0) is 21.0. The average molecular weight is 405 g/mol. The maximum atomic E-state index is 12.8. The van der Waals surface area contributed by atoms with Gasteiger partial charge in [-0.2, -0.15) is 0 Å². The number of hydrogen-bond acceptors (Lipinski definition) is 8. The molecule has 9 heteroatoms. The smallest absolute Gasteiger partial charge is 0.259 e. The molecule has 5 N–H and O–H groups in total. The molecule has 0 aliphatic carbocycles. The molecule has 3 rings (SSSR count). The molecule has 1 saturated heterocycles. The Hall–Kier alpha value is -2.69. The van der Waals surface area contributed by atoms with Crippen molar-refractivity contribution in [2.75, 3.05) is 19.0 Å². The summed E-state index contributed by atoms with van der Waals surface area (Å²) in [6.45, 7) is -0.599. The fourth-order valence-electron chi connectivity index (χ4n) is 2.98. The standard InChI is InChI=1S/C20H23NO8/c1-27-13-9-5-8-12(19(26)21-11-6-3-2-4-7-11)18(13)29-20-17(25)16(24)15(23)14(10-22)28-20/h2-9,14-17,20,22-25H,10H2,1H3,(H,21,26)/t14-,15-,16+,17-,20+/m1/s1. The zero-order valence-corrected chi connectivity index (χ0v) is 15.6. The Bertz CT molecular complexity index is 828. The van der Waals surface area contributed by atoms with Gasteiger partial charge >= 0.3 is 0 Å². The summed E-state index contributed by atoms with van der Waals surface area (Å²) in [5.41, 5.74) is 0.671.